The molecule has 0 aromatic heterocycles. The number of H-pyrrole nitrogens is 1. The van der Waals surface area contributed by atoms with E-state index < -0.39 is 11.1 Å². The average Bonchev–Trinajstić information content (AvgIpc) is 2.42. The second-order valence-corrected chi connectivity index (χ2v) is 5.17. The van der Waals surface area contributed by atoms with Crippen molar-refractivity contribution < 1.29 is 5.21 Å². The van der Waals surface area contributed by atoms with E-state index in [1.54, 1.807) is 0 Å². The number of pyridine rings is 1. The molecule has 20 heavy (non-hydrogen) atoms. The number of aromatic nitrogens is 3. The maximum atomic E-state index is 11.3. The maximum absolute atomic E-state index is 11.3. The fourth-order valence-electron chi connectivity index (χ4n) is 1.95. The Morgan fingerprint density at radius 1 is 1.25 bits per heavy atom. The molecule has 8 heteroatoms. The monoisotopic (exact) mass is 317 g/mol. The van der Waals surface area contributed by atoms with Crippen LogP contribution in [-0.4, -0.2) is 19.9 Å². The zero-order chi connectivity index (χ0) is 14.9. The molecule has 0 saturated heterocycles. The molecule has 0 bridgehead atoms. The molecule has 0 fully saturated rings. The Morgan fingerprint density at radius 2 is 1.95 bits per heavy atom. The summed E-state index contributed by atoms with van der Waals surface area (Å²) in [7, 11) is 0. The number of halogens is 2. The van der Waals surface area contributed by atoms with Gasteiger partial charge in [0.1, 0.15) is 5.69 Å². The van der Waals surface area contributed by atoms with Crippen LogP contribution < -0.4 is 11.1 Å². The lowest BCUT2D eigenvalue weighted by Crippen LogP contribution is -2.32. The lowest BCUT2D eigenvalue weighted by atomic mass is 10.1. The van der Waals surface area contributed by atoms with Gasteiger partial charge in [0, 0.05) is 0 Å². The fraction of sp³-hybridized carbons (Fsp3) is 0.417. The average molecular weight is 318 g/mol. The Labute approximate surface area is 124 Å². The number of hydrogen-bond acceptors (Lipinski definition) is 4. The Balaban J connectivity index is 2.66. The minimum absolute atomic E-state index is 0.0445. The van der Waals surface area contributed by atoms with Gasteiger partial charge in [-0.15, -0.1) is 0 Å². The van der Waals surface area contributed by atoms with Crippen molar-refractivity contribution in [2.75, 3.05) is 0 Å². The van der Waals surface area contributed by atoms with Gasteiger partial charge in [0.2, 0.25) is 0 Å². The summed E-state index contributed by atoms with van der Waals surface area (Å²) in [6.45, 7) is 2.05. The highest BCUT2D eigenvalue weighted by atomic mass is 35.5. The number of fused-ring (bicyclic) bond motifs is 1. The van der Waals surface area contributed by atoms with Gasteiger partial charge in [0.25, 0.3) is 0 Å². The second-order valence-electron chi connectivity index (χ2n) is 4.41. The summed E-state index contributed by atoms with van der Waals surface area (Å²) in [6.07, 6.45) is 3.29. The summed E-state index contributed by atoms with van der Waals surface area (Å²) in [5.41, 5.74) is -1.48. The molecule has 0 saturated carbocycles. The number of nitrogens with zero attached hydrogens (tertiary/aromatic N) is 2. The number of nitrogens with one attached hydrogen (secondary N) is 1. The third-order valence-electron chi connectivity index (χ3n) is 3.00. The van der Waals surface area contributed by atoms with Crippen LogP contribution in [0.5, 0.6) is 0 Å². The minimum atomic E-state index is -0.988. The Hall–Kier alpha value is -1.53. The van der Waals surface area contributed by atoms with Crippen molar-refractivity contribution in [3.63, 3.8) is 0 Å². The number of rotatable bonds is 4. The molecule has 0 aromatic rings. The molecule has 0 aromatic carbocycles. The van der Waals surface area contributed by atoms with E-state index >= 15 is 0 Å². The number of aromatic amines is 1. The molecule has 108 valence electrons. The molecule has 2 aliphatic rings. The van der Waals surface area contributed by atoms with Crippen LogP contribution in [0.25, 0.3) is 11.5 Å². The smallest absolute Gasteiger partial charge is 0.337 e. The predicted octanol–water partition coefficient (Wildman–Crippen LogP) is 2.31. The predicted molar refractivity (Wildman–Crippen MR) is 76.2 cm³/mol. The van der Waals surface area contributed by atoms with Gasteiger partial charge in [0.05, 0.1) is 15.7 Å². The first-order chi connectivity index (χ1) is 9.47. The SMILES string of the molecule is CCCCCc1c(Cl)c(Cl)c2[nH]c(=O)c(=O)nc-2n1O. The molecule has 6 nitrogen and oxygen atoms in total. The van der Waals surface area contributed by atoms with Gasteiger partial charge < -0.3 is 10.2 Å². The number of hydrogen-bond donors (Lipinski definition) is 2. The second kappa shape index (κ2) is 5.85. The van der Waals surface area contributed by atoms with E-state index in [9.17, 15) is 14.8 Å². The molecule has 0 spiro atoms. The quantitative estimate of drug-likeness (QED) is 0.514. The van der Waals surface area contributed by atoms with Gasteiger partial charge in [-0.25, -0.2) is 0 Å². The standard InChI is InChI=1S/C12H13Cl2N3O3/c1-2-3-4-5-6-7(13)8(14)9-10(17(6)20)16-12(19)11(18)15-9/h20H,2-5H2,1H3,(H,15,18). The first-order valence-electron chi connectivity index (χ1n) is 6.19. The van der Waals surface area contributed by atoms with Crippen LogP contribution >= 0.6 is 23.2 Å². The zero-order valence-corrected chi connectivity index (χ0v) is 12.3. The van der Waals surface area contributed by atoms with Crippen molar-refractivity contribution in [3.05, 3.63) is 36.4 Å². The summed E-state index contributed by atoms with van der Waals surface area (Å²) in [5.74, 6) is -0.101. The zero-order valence-electron chi connectivity index (χ0n) is 10.7. The van der Waals surface area contributed by atoms with Crippen molar-refractivity contribution >= 4 is 23.2 Å². The molecule has 2 rings (SSSR count). The van der Waals surface area contributed by atoms with E-state index in [2.05, 4.69) is 16.9 Å². The van der Waals surface area contributed by atoms with Gasteiger partial charge in [-0.05, 0) is 12.8 Å². The van der Waals surface area contributed by atoms with Crippen LogP contribution in [0.4, 0.5) is 0 Å². The van der Waals surface area contributed by atoms with Crippen molar-refractivity contribution in [1.29, 1.82) is 0 Å². The lowest BCUT2D eigenvalue weighted by Gasteiger charge is -2.16. The van der Waals surface area contributed by atoms with Crippen molar-refractivity contribution in [1.82, 2.24) is 14.7 Å². The van der Waals surface area contributed by atoms with Gasteiger partial charge >= 0.3 is 11.1 Å². The number of unbranched alkanes of at least 4 members (excludes halogenated alkanes) is 2. The van der Waals surface area contributed by atoms with Crippen LogP contribution in [-0.2, 0) is 6.42 Å². The molecule has 2 heterocycles. The van der Waals surface area contributed by atoms with E-state index in [0.717, 1.165) is 24.0 Å². The first kappa shape index (κ1) is 14.9. The van der Waals surface area contributed by atoms with Crippen LogP contribution in [0.1, 0.15) is 31.9 Å². The van der Waals surface area contributed by atoms with E-state index in [1.165, 1.54) is 0 Å². The summed E-state index contributed by atoms with van der Waals surface area (Å²) in [6, 6.07) is 0. The summed E-state index contributed by atoms with van der Waals surface area (Å²) < 4.78 is 0.719. The van der Waals surface area contributed by atoms with Gasteiger partial charge in [-0.1, -0.05) is 43.0 Å². The molecule has 2 aliphatic heterocycles. The highest BCUT2D eigenvalue weighted by Gasteiger charge is 2.23. The maximum Gasteiger partial charge on any atom is 0.337 e. The molecule has 0 unspecified atom stereocenters. The van der Waals surface area contributed by atoms with Crippen molar-refractivity contribution in [3.8, 4) is 11.5 Å². The highest BCUT2D eigenvalue weighted by Crippen LogP contribution is 2.35. The topological polar surface area (TPSA) is 88.0 Å². The van der Waals surface area contributed by atoms with E-state index in [1.807, 2.05) is 0 Å². The third-order valence-corrected chi connectivity index (χ3v) is 3.88. The molecule has 0 atom stereocenters. The van der Waals surface area contributed by atoms with E-state index in [0.29, 0.717) is 12.1 Å². The van der Waals surface area contributed by atoms with Crippen molar-refractivity contribution in [2.45, 2.75) is 32.6 Å². The van der Waals surface area contributed by atoms with Gasteiger partial charge in [-0.2, -0.15) is 9.71 Å². The largest absolute Gasteiger partial charge is 0.427 e. The summed E-state index contributed by atoms with van der Waals surface area (Å²) in [5, 5.41) is 10.3. The molecule has 2 N–H and O–H groups in total. The van der Waals surface area contributed by atoms with E-state index in [4.69, 9.17) is 23.2 Å². The minimum Gasteiger partial charge on any atom is -0.427 e. The van der Waals surface area contributed by atoms with Crippen LogP contribution in [0, 0.1) is 0 Å². The third kappa shape index (κ3) is 2.53. The summed E-state index contributed by atoms with van der Waals surface area (Å²) in [4.78, 5) is 28.4. The summed E-state index contributed by atoms with van der Waals surface area (Å²) >= 11 is 12.2. The lowest BCUT2D eigenvalue weighted by molar-refractivity contribution is 0.175. The van der Waals surface area contributed by atoms with E-state index in [-0.39, 0.29) is 21.6 Å². The Morgan fingerprint density at radius 3 is 2.60 bits per heavy atom. The molecule has 0 amide bonds. The van der Waals surface area contributed by atoms with Crippen molar-refractivity contribution in [2.24, 2.45) is 0 Å². The Bertz CT molecular complexity index is 723. The van der Waals surface area contributed by atoms with Gasteiger partial charge in [0.15, 0.2) is 5.82 Å². The molecular weight excluding hydrogens is 305 g/mol. The highest BCUT2D eigenvalue weighted by molar-refractivity contribution is 6.43. The molecular formula is C12H13Cl2N3O3. The normalized spacial score (nSPS) is 11.2. The molecule has 0 aliphatic carbocycles. The van der Waals surface area contributed by atoms with Crippen LogP contribution in [0.15, 0.2) is 9.59 Å². The molecule has 0 radical (unpaired) electrons. The van der Waals surface area contributed by atoms with Crippen LogP contribution in [0.2, 0.25) is 10.0 Å². The fourth-order valence-corrected chi connectivity index (χ4v) is 2.46. The van der Waals surface area contributed by atoms with Gasteiger partial charge in [-0.3, -0.25) is 9.59 Å². The van der Waals surface area contributed by atoms with Crippen LogP contribution in [0.3, 0.4) is 0 Å². The first-order valence-corrected chi connectivity index (χ1v) is 6.95. The Kier molecular flexibility index (Phi) is 4.35.